The second-order valence-electron chi connectivity index (χ2n) is 4.12. The highest BCUT2D eigenvalue weighted by atomic mass is 35.5. The Kier molecular flexibility index (Phi) is 4.82. The summed E-state index contributed by atoms with van der Waals surface area (Å²) in [5, 5.41) is 6.67. The van der Waals surface area contributed by atoms with Crippen molar-refractivity contribution < 1.29 is 4.79 Å². The first-order valence-corrected chi connectivity index (χ1v) is 6.71. The van der Waals surface area contributed by atoms with E-state index in [1.165, 1.54) is 6.20 Å². The Bertz CT molecular complexity index is 632. The average Bonchev–Trinajstić information content (AvgIpc) is 2.44. The summed E-state index contributed by atoms with van der Waals surface area (Å²) >= 11 is 11.9. The molecule has 0 aliphatic heterocycles. The summed E-state index contributed by atoms with van der Waals surface area (Å²) in [5.41, 5.74) is 1.34. The molecule has 0 radical (unpaired) electrons. The zero-order valence-electron chi connectivity index (χ0n) is 10.8. The van der Waals surface area contributed by atoms with Crippen LogP contribution in [-0.2, 0) is 6.54 Å². The van der Waals surface area contributed by atoms with E-state index in [1.807, 2.05) is 12.1 Å². The number of rotatable bonds is 4. The highest BCUT2D eigenvalue weighted by molar-refractivity contribution is 6.33. The van der Waals surface area contributed by atoms with Crippen LogP contribution in [0.4, 0.5) is 5.82 Å². The molecule has 0 bridgehead atoms. The molecule has 104 valence electrons. The molecule has 1 heterocycles. The molecule has 2 N–H and O–H groups in total. The normalized spacial score (nSPS) is 10.2. The van der Waals surface area contributed by atoms with Gasteiger partial charge in [0.25, 0.3) is 5.91 Å². The van der Waals surface area contributed by atoms with Crippen LogP contribution in [0.5, 0.6) is 0 Å². The van der Waals surface area contributed by atoms with Crippen molar-refractivity contribution in [2.24, 2.45) is 0 Å². The molecule has 0 aliphatic rings. The van der Waals surface area contributed by atoms with Crippen molar-refractivity contribution >= 4 is 34.9 Å². The summed E-state index contributed by atoms with van der Waals surface area (Å²) in [4.78, 5) is 16.1. The van der Waals surface area contributed by atoms with E-state index < -0.39 is 0 Å². The Hall–Kier alpha value is -1.78. The fourth-order valence-electron chi connectivity index (χ4n) is 1.68. The quantitative estimate of drug-likeness (QED) is 0.910. The molecule has 0 saturated carbocycles. The predicted octanol–water partition coefficient (Wildman–Crippen LogP) is 3.36. The van der Waals surface area contributed by atoms with Gasteiger partial charge in [0.05, 0.1) is 10.6 Å². The molecule has 0 atom stereocenters. The highest BCUT2D eigenvalue weighted by Crippen LogP contribution is 2.19. The number of aromatic nitrogens is 1. The molecule has 0 fully saturated rings. The van der Waals surface area contributed by atoms with Gasteiger partial charge in [-0.3, -0.25) is 4.79 Å². The molecule has 0 spiro atoms. The molecule has 1 aromatic heterocycles. The molecule has 2 rings (SSSR count). The lowest BCUT2D eigenvalue weighted by Gasteiger charge is -2.07. The number of hydrogen-bond donors (Lipinski definition) is 2. The second kappa shape index (κ2) is 6.59. The summed E-state index contributed by atoms with van der Waals surface area (Å²) in [6.07, 6.45) is 1.48. The molecular formula is C14H13Cl2N3O. The third-order valence-electron chi connectivity index (χ3n) is 2.68. The van der Waals surface area contributed by atoms with Gasteiger partial charge in [-0.05, 0) is 23.8 Å². The largest absolute Gasteiger partial charge is 0.372 e. The van der Waals surface area contributed by atoms with Gasteiger partial charge in [0.2, 0.25) is 0 Å². The Morgan fingerprint density at radius 2 is 2.10 bits per heavy atom. The monoisotopic (exact) mass is 309 g/mol. The van der Waals surface area contributed by atoms with E-state index in [-0.39, 0.29) is 5.91 Å². The zero-order chi connectivity index (χ0) is 14.5. The topological polar surface area (TPSA) is 54.0 Å². The van der Waals surface area contributed by atoms with Gasteiger partial charge in [-0.25, -0.2) is 4.98 Å². The Balaban J connectivity index is 2.03. The minimum Gasteiger partial charge on any atom is -0.372 e. The number of carbonyl (C=O) groups is 1. The van der Waals surface area contributed by atoms with E-state index in [1.54, 1.807) is 25.2 Å². The van der Waals surface area contributed by atoms with Crippen molar-refractivity contribution in [3.05, 3.63) is 57.7 Å². The van der Waals surface area contributed by atoms with Crippen molar-refractivity contribution in [1.82, 2.24) is 10.3 Å². The Morgan fingerprint density at radius 3 is 2.75 bits per heavy atom. The van der Waals surface area contributed by atoms with E-state index in [2.05, 4.69) is 15.6 Å². The molecule has 2 aromatic rings. The second-order valence-corrected chi connectivity index (χ2v) is 4.96. The number of nitrogens with zero attached hydrogens (tertiary/aromatic N) is 1. The van der Waals surface area contributed by atoms with Crippen LogP contribution < -0.4 is 10.6 Å². The van der Waals surface area contributed by atoms with E-state index in [9.17, 15) is 4.79 Å². The number of nitrogens with one attached hydrogen (secondary N) is 2. The lowest BCUT2D eigenvalue weighted by atomic mass is 10.2. The van der Waals surface area contributed by atoms with Crippen LogP contribution in [0.2, 0.25) is 10.0 Å². The highest BCUT2D eigenvalue weighted by Gasteiger charge is 2.09. The summed E-state index contributed by atoms with van der Waals surface area (Å²) < 4.78 is 0. The van der Waals surface area contributed by atoms with Crippen molar-refractivity contribution in [3.8, 4) is 0 Å². The first-order valence-electron chi connectivity index (χ1n) is 5.96. The van der Waals surface area contributed by atoms with E-state index in [0.29, 0.717) is 28.0 Å². The van der Waals surface area contributed by atoms with Gasteiger partial charge in [-0.1, -0.05) is 35.3 Å². The number of halogens is 2. The summed E-state index contributed by atoms with van der Waals surface area (Å²) in [7, 11) is 1.72. The van der Waals surface area contributed by atoms with Crippen LogP contribution in [-0.4, -0.2) is 17.9 Å². The smallest absolute Gasteiger partial charge is 0.253 e. The molecular weight excluding hydrogens is 297 g/mol. The molecule has 1 aromatic carbocycles. The van der Waals surface area contributed by atoms with Gasteiger partial charge in [-0.15, -0.1) is 0 Å². The van der Waals surface area contributed by atoms with Crippen LogP contribution in [0.15, 0.2) is 36.5 Å². The van der Waals surface area contributed by atoms with Crippen molar-refractivity contribution in [3.63, 3.8) is 0 Å². The SMILES string of the molecule is CNc1ncc(C(=O)NCc2cccc(Cl)c2)cc1Cl. The third kappa shape index (κ3) is 3.62. The molecule has 1 amide bonds. The molecule has 0 unspecified atom stereocenters. The molecule has 6 heteroatoms. The lowest BCUT2D eigenvalue weighted by molar-refractivity contribution is 0.0950. The van der Waals surface area contributed by atoms with Crippen molar-refractivity contribution in [1.29, 1.82) is 0 Å². The zero-order valence-corrected chi connectivity index (χ0v) is 12.3. The molecule has 20 heavy (non-hydrogen) atoms. The number of anilines is 1. The van der Waals surface area contributed by atoms with Crippen LogP contribution in [0.3, 0.4) is 0 Å². The lowest BCUT2D eigenvalue weighted by Crippen LogP contribution is -2.23. The minimum absolute atomic E-state index is 0.234. The summed E-state index contributed by atoms with van der Waals surface area (Å²) in [5.74, 6) is 0.306. The van der Waals surface area contributed by atoms with Crippen LogP contribution in [0, 0.1) is 0 Å². The number of carbonyl (C=O) groups excluding carboxylic acids is 1. The minimum atomic E-state index is -0.234. The van der Waals surface area contributed by atoms with Crippen LogP contribution in [0.25, 0.3) is 0 Å². The molecule has 0 aliphatic carbocycles. The number of hydrogen-bond acceptors (Lipinski definition) is 3. The van der Waals surface area contributed by atoms with E-state index in [0.717, 1.165) is 5.56 Å². The maximum atomic E-state index is 12.0. The van der Waals surface area contributed by atoms with Gasteiger partial charge >= 0.3 is 0 Å². The Morgan fingerprint density at radius 1 is 1.30 bits per heavy atom. The van der Waals surface area contributed by atoms with E-state index >= 15 is 0 Å². The molecule has 4 nitrogen and oxygen atoms in total. The maximum absolute atomic E-state index is 12.0. The fraction of sp³-hybridized carbons (Fsp3) is 0.143. The summed E-state index contributed by atoms with van der Waals surface area (Å²) in [6.45, 7) is 0.394. The molecule has 0 saturated heterocycles. The fourth-order valence-corrected chi connectivity index (χ4v) is 2.15. The summed E-state index contributed by atoms with van der Waals surface area (Å²) in [6, 6.07) is 8.89. The van der Waals surface area contributed by atoms with Gasteiger partial charge in [0.15, 0.2) is 0 Å². The van der Waals surface area contributed by atoms with Crippen molar-refractivity contribution in [2.75, 3.05) is 12.4 Å². The van der Waals surface area contributed by atoms with Gasteiger partial charge < -0.3 is 10.6 Å². The van der Waals surface area contributed by atoms with Gasteiger partial charge in [-0.2, -0.15) is 0 Å². The number of amides is 1. The first kappa shape index (κ1) is 14.6. The number of benzene rings is 1. The van der Waals surface area contributed by atoms with Crippen LogP contribution >= 0.6 is 23.2 Å². The average molecular weight is 310 g/mol. The maximum Gasteiger partial charge on any atom is 0.253 e. The van der Waals surface area contributed by atoms with Gasteiger partial charge in [0.1, 0.15) is 5.82 Å². The predicted molar refractivity (Wildman–Crippen MR) is 81.4 cm³/mol. The van der Waals surface area contributed by atoms with Crippen LogP contribution in [0.1, 0.15) is 15.9 Å². The third-order valence-corrected chi connectivity index (χ3v) is 3.21. The van der Waals surface area contributed by atoms with E-state index in [4.69, 9.17) is 23.2 Å². The first-order chi connectivity index (χ1) is 9.60. The number of pyridine rings is 1. The van der Waals surface area contributed by atoms with Crippen molar-refractivity contribution in [2.45, 2.75) is 6.54 Å². The van der Waals surface area contributed by atoms with Gasteiger partial charge in [0, 0.05) is 24.8 Å². The standard InChI is InChI=1S/C14H13Cl2N3O/c1-17-13-12(16)6-10(8-18-13)14(20)19-7-9-3-2-4-11(15)5-9/h2-6,8H,7H2,1H3,(H,17,18)(H,19,20). The Labute approximate surface area is 127 Å².